The zero-order chi connectivity index (χ0) is 28.0. The maximum absolute atomic E-state index is 14.6. The van der Waals surface area contributed by atoms with Gasteiger partial charge in [-0.25, -0.2) is 24.1 Å². The molecule has 0 bridgehead atoms. The van der Waals surface area contributed by atoms with Gasteiger partial charge in [-0.3, -0.25) is 4.98 Å². The molecule has 204 valence electrons. The van der Waals surface area contributed by atoms with Crippen LogP contribution in [0.4, 0.5) is 34.1 Å². The first-order valence-corrected chi connectivity index (χ1v) is 12.5. The second-order valence-electron chi connectivity index (χ2n) is 9.51. The molecule has 3 atom stereocenters. The summed E-state index contributed by atoms with van der Waals surface area (Å²) in [5.41, 5.74) is -1.07. The van der Waals surface area contributed by atoms with Crippen molar-refractivity contribution in [1.29, 1.82) is 0 Å². The molecule has 38 heavy (non-hydrogen) atoms. The lowest BCUT2D eigenvalue weighted by Gasteiger charge is -2.27. The van der Waals surface area contributed by atoms with Crippen molar-refractivity contribution < 1.29 is 32.2 Å². The van der Waals surface area contributed by atoms with Crippen molar-refractivity contribution in [3.8, 4) is 10.4 Å². The molecule has 4 heterocycles. The number of nitrogens with one attached hydrogen (secondary N) is 1. The summed E-state index contributed by atoms with van der Waals surface area (Å²) in [6, 6.07) is 1.76. The number of aromatic nitrogens is 4. The molecule has 4 rings (SSSR count). The third kappa shape index (κ3) is 5.14. The molecule has 3 aromatic heterocycles. The number of aliphatic hydroxyl groups is 1. The number of thiazole rings is 1. The maximum atomic E-state index is 14.6. The number of aliphatic hydroxyl groups excluding tert-OH is 1. The Morgan fingerprint density at radius 1 is 1.24 bits per heavy atom. The largest absolute Gasteiger partial charge is 0.447 e. The second-order valence-corrected chi connectivity index (χ2v) is 10.5. The van der Waals surface area contributed by atoms with Gasteiger partial charge in [-0.2, -0.15) is 18.2 Å². The number of pyridine rings is 1. The molecule has 2 unspecified atom stereocenters. The van der Waals surface area contributed by atoms with Gasteiger partial charge in [0, 0.05) is 6.20 Å². The number of nitrogens with zero attached hydrogens (tertiary/aromatic N) is 5. The maximum Gasteiger partial charge on any atom is 0.416 e. The van der Waals surface area contributed by atoms with Crippen LogP contribution in [0.15, 0.2) is 24.5 Å². The zero-order valence-corrected chi connectivity index (χ0v) is 22.0. The summed E-state index contributed by atoms with van der Waals surface area (Å²) in [6.45, 7) is 7.02. The third-order valence-electron chi connectivity index (χ3n) is 6.32. The minimum absolute atomic E-state index is 0.00506. The van der Waals surface area contributed by atoms with Crippen LogP contribution in [0.25, 0.3) is 10.4 Å². The number of amides is 1. The topological polar surface area (TPSA) is 113 Å². The highest BCUT2D eigenvalue weighted by molar-refractivity contribution is 7.15. The monoisotopic (exact) mass is 554 g/mol. The summed E-state index contributed by atoms with van der Waals surface area (Å²) in [5.74, 6) is -1.20. The number of rotatable bonds is 7. The summed E-state index contributed by atoms with van der Waals surface area (Å²) in [4.78, 5) is 30.4. The Kier molecular flexibility index (Phi) is 7.32. The van der Waals surface area contributed by atoms with Crippen molar-refractivity contribution in [3.05, 3.63) is 46.7 Å². The van der Waals surface area contributed by atoms with Gasteiger partial charge < -0.3 is 15.2 Å². The molecule has 1 aliphatic rings. The Morgan fingerprint density at radius 3 is 2.61 bits per heavy atom. The first-order chi connectivity index (χ1) is 17.7. The quantitative estimate of drug-likeness (QED) is 0.385. The second kappa shape index (κ2) is 10.1. The van der Waals surface area contributed by atoms with Gasteiger partial charge in [-0.05, 0) is 52.3 Å². The molecule has 1 fully saturated rings. The minimum Gasteiger partial charge on any atom is -0.447 e. The average Bonchev–Trinajstić information content (AvgIpc) is 3.42. The predicted molar refractivity (Wildman–Crippen MR) is 132 cm³/mol. The van der Waals surface area contributed by atoms with Crippen molar-refractivity contribution in [1.82, 2.24) is 19.9 Å². The molecule has 2 N–H and O–H groups in total. The van der Waals surface area contributed by atoms with Crippen molar-refractivity contribution in [2.24, 2.45) is 0 Å². The van der Waals surface area contributed by atoms with Crippen LogP contribution in [-0.4, -0.2) is 56.1 Å². The normalized spacial score (nSPS) is 17.9. The Labute approximate surface area is 219 Å². The molecule has 1 saturated heterocycles. The highest BCUT2D eigenvalue weighted by Gasteiger charge is 2.49. The first-order valence-electron chi connectivity index (χ1n) is 11.6. The number of ether oxygens (including phenoxy) is 1. The first kappa shape index (κ1) is 27.6. The van der Waals surface area contributed by atoms with E-state index in [4.69, 9.17) is 4.74 Å². The van der Waals surface area contributed by atoms with Crippen molar-refractivity contribution in [2.45, 2.75) is 64.4 Å². The molecule has 0 aromatic carbocycles. The van der Waals surface area contributed by atoms with E-state index >= 15 is 0 Å². The van der Waals surface area contributed by atoms with Crippen LogP contribution < -0.4 is 10.2 Å². The van der Waals surface area contributed by atoms with E-state index in [1.54, 1.807) is 19.9 Å². The van der Waals surface area contributed by atoms with Gasteiger partial charge in [-0.1, -0.05) is 0 Å². The van der Waals surface area contributed by atoms with Crippen LogP contribution in [0.1, 0.15) is 50.1 Å². The van der Waals surface area contributed by atoms with E-state index in [2.05, 4.69) is 25.3 Å². The van der Waals surface area contributed by atoms with Gasteiger partial charge in [0.15, 0.2) is 11.6 Å². The SMILES string of the molecule is Cc1nc(C(C)Nc2ncc(F)c(N3C(=O)OCC3[C@H](C)O)n2)sc1-c1ccnc(C(C)(C)C(F)(F)F)c1. The fourth-order valence-electron chi connectivity index (χ4n) is 3.82. The minimum atomic E-state index is -4.47. The molecule has 14 heteroatoms. The predicted octanol–water partition coefficient (Wildman–Crippen LogP) is 5.16. The van der Waals surface area contributed by atoms with Crippen molar-refractivity contribution in [2.75, 3.05) is 16.8 Å². The smallest absolute Gasteiger partial charge is 0.416 e. The Hall–Kier alpha value is -3.39. The van der Waals surface area contributed by atoms with Gasteiger partial charge >= 0.3 is 12.3 Å². The molecule has 3 aromatic rings. The van der Waals surface area contributed by atoms with E-state index in [0.717, 1.165) is 24.9 Å². The molecule has 9 nitrogen and oxygen atoms in total. The Morgan fingerprint density at radius 2 is 1.95 bits per heavy atom. The number of halogens is 4. The average molecular weight is 555 g/mol. The molecular weight excluding hydrogens is 528 g/mol. The molecule has 0 spiro atoms. The lowest BCUT2D eigenvalue weighted by atomic mass is 9.87. The fraction of sp³-hybridized carbons (Fsp3) is 0.458. The molecule has 0 aliphatic carbocycles. The lowest BCUT2D eigenvalue weighted by Crippen LogP contribution is -2.42. The number of hydrogen-bond acceptors (Lipinski definition) is 9. The van der Waals surface area contributed by atoms with E-state index in [1.165, 1.54) is 30.5 Å². The van der Waals surface area contributed by atoms with E-state index in [1.807, 2.05) is 0 Å². The zero-order valence-electron chi connectivity index (χ0n) is 21.2. The summed E-state index contributed by atoms with van der Waals surface area (Å²) >= 11 is 1.27. The van der Waals surface area contributed by atoms with Gasteiger partial charge in [-0.15, -0.1) is 11.3 Å². The van der Waals surface area contributed by atoms with E-state index < -0.39 is 41.7 Å². The summed E-state index contributed by atoms with van der Waals surface area (Å²) in [7, 11) is 0. The van der Waals surface area contributed by atoms with Crippen LogP contribution in [0, 0.1) is 12.7 Å². The van der Waals surface area contributed by atoms with Crippen LogP contribution in [0.5, 0.6) is 0 Å². The van der Waals surface area contributed by atoms with E-state index in [9.17, 15) is 27.5 Å². The summed E-state index contributed by atoms with van der Waals surface area (Å²) in [6.07, 6.45) is -4.05. The number of anilines is 2. The standard InChI is InChI=1S/C24H26F4N6O3S/c1-11-18(14-6-7-29-17(8-14)23(4,5)24(26,27)28)38-20(31-11)12(2)32-21-30-9-15(25)19(33-21)34-16(13(3)35)10-37-22(34)36/h6-9,12-13,16,35H,10H2,1-5H3,(H,30,32,33)/t12?,13-,16?/m0/s1. The Bertz CT molecular complexity index is 1350. The van der Waals surface area contributed by atoms with E-state index in [-0.39, 0.29) is 24.1 Å². The van der Waals surface area contributed by atoms with Crippen LogP contribution in [0.3, 0.4) is 0 Å². The van der Waals surface area contributed by atoms with Crippen molar-refractivity contribution >= 4 is 29.2 Å². The van der Waals surface area contributed by atoms with Crippen LogP contribution in [-0.2, 0) is 10.2 Å². The molecular formula is C24H26F4N6O3S. The molecule has 0 radical (unpaired) electrons. The molecule has 0 saturated carbocycles. The number of carbonyl (C=O) groups excluding carboxylic acids is 1. The van der Waals surface area contributed by atoms with E-state index in [0.29, 0.717) is 21.1 Å². The van der Waals surface area contributed by atoms with Crippen LogP contribution >= 0.6 is 11.3 Å². The van der Waals surface area contributed by atoms with Gasteiger partial charge in [0.2, 0.25) is 5.95 Å². The number of hydrogen-bond donors (Lipinski definition) is 2. The number of alkyl halides is 3. The van der Waals surface area contributed by atoms with Gasteiger partial charge in [0.1, 0.15) is 23.1 Å². The summed E-state index contributed by atoms with van der Waals surface area (Å²) < 4.78 is 60.2. The highest BCUT2D eigenvalue weighted by atomic mass is 32.1. The Balaban J connectivity index is 1.59. The van der Waals surface area contributed by atoms with Gasteiger partial charge in [0.05, 0.1) is 34.6 Å². The summed E-state index contributed by atoms with van der Waals surface area (Å²) in [5, 5.41) is 13.6. The number of cyclic esters (lactones) is 1. The highest BCUT2D eigenvalue weighted by Crippen LogP contribution is 2.41. The third-order valence-corrected chi connectivity index (χ3v) is 7.71. The lowest BCUT2D eigenvalue weighted by molar-refractivity contribution is -0.181. The molecule has 1 aliphatic heterocycles. The molecule has 1 amide bonds. The van der Waals surface area contributed by atoms with Crippen LogP contribution in [0.2, 0.25) is 0 Å². The number of aryl methyl sites for hydroxylation is 1. The van der Waals surface area contributed by atoms with Crippen molar-refractivity contribution in [3.63, 3.8) is 0 Å². The fourth-order valence-corrected chi connectivity index (χ4v) is 4.88. The van der Waals surface area contributed by atoms with Gasteiger partial charge in [0.25, 0.3) is 0 Å². The number of carbonyl (C=O) groups is 1.